The second-order valence-electron chi connectivity index (χ2n) is 3.89. The van der Waals surface area contributed by atoms with Gasteiger partial charge in [0.25, 0.3) is 5.09 Å². The van der Waals surface area contributed by atoms with Gasteiger partial charge in [-0.2, -0.15) is 0 Å². The Labute approximate surface area is 102 Å². The minimum absolute atomic E-state index is 0.00569. The van der Waals surface area contributed by atoms with Crippen molar-refractivity contribution >= 4 is 6.29 Å². The molecule has 0 saturated carbocycles. The summed E-state index contributed by atoms with van der Waals surface area (Å²) in [6, 6.07) is 0. The van der Waals surface area contributed by atoms with Crippen molar-refractivity contribution in [2.75, 3.05) is 20.3 Å². The number of carbonyl (C=O) groups excluding carboxylic acids is 1. The van der Waals surface area contributed by atoms with Crippen LogP contribution in [0.25, 0.3) is 0 Å². The highest BCUT2D eigenvalue weighted by molar-refractivity contribution is 5.48. The predicted octanol–water partition coefficient (Wildman–Crippen LogP) is 2.24. The van der Waals surface area contributed by atoms with E-state index in [9.17, 15) is 14.9 Å². The second kappa shape index (κ2) is 14.8. The van der Waals surface area contributed by atoms with Crippen molar-refractivity contribution in [3.63, 3.8) is 0 Å². The molecule has 0 unspecified atom stereocenters. The van der Waals surface area contributed by atoms with E-state index in [2.05, 4.69) is 18.7 Å². The maximum atomic E-state index is 9.62. The van der Waals surface area contributed by atoms with Crippen LogP contribution in [0.5, 0.6) is 0 Å². The van der Waals surface area contributed by atoms with E-state index in [1.54, 1.807) is 7.11 Å². The first-order valence-electron chi connectivity index (χ1n) is 5.74. The Hall–Kier alpha value is -1.17. The summed E-state index contributed by atoms with van der Waals surface area (Å²) in [6.45, 7) is 5.38. The lowest BCUT2D eigenvalue weighted by Crippen LogP contribution is -2.01. The highest BCUT2D eigenvalue weighted by Crippen LogP contribution is 2.02. The first kappa shape index (κ1) is 18.2. The molecule has 0 rings (SSSR count). The quantitative estimate of drug-likeness (QED) is 0.271. The van der Waals surface area contributed by atoms with Crippen LogP contribution < -0.4 is 0 Å². The van der Waals surface area contributed by atoms with Crippen molar-refractivity contribution in [2.24, 2.45) is 5.92 Å². The Morgan fingerprint density at radius 3 is 2.35 bits per heavy atom. The number of ether oxygens (including phenoxy) is 1. The third kappa shape index (κ3) is 25.3. The number of nitrogens with zero attached hydrogens (tertiary/aromatic N) is 1. The van der Waals surface area contributed by atoms with Crippen molar-refractivity contribution in [2.45, 2.75) is 39.5 Å². The zero-order valence-corrected chi connectivity index (χ0v) is 10.9. The number of unbranched alkanes of at least 4 members (excludes halogenated alkanes) is 1. The number of hydrogen-bond donors (Lipinski definition) is 0. The van der Waals surface area contributed by atoms with E-state index in [1.807, 2.05) is 0 Å². The molecule has 0 N–H and O–H groups in total. The van der Waals surface area contributed by atoms with Crippen LogP contribution >= 0.6 is 0 Å². The number of methoxy groups -OCH3 is 1. The molecule has 0 aromatic rings. The molecule has 0 aliphatic heterocycles. The number of carbonyl (C=O) groups is 1. The Morgan fingerprint density at radius 2 is 1.94 bits per heavy atom. The van der Waals surface area contributed by atoms with Crippen LogP contribution in [0, 0.1) is 16.0 Å². The topological polar surface area (TPSA) is 78.7 Å². The SMILES string of the molecule is COCCCC(C)C.O=CCCCO[N+](=O)[O-]. The van der Waals surface area contributed by atoms with Crippen molar-refractivity contribution < 1.29 is 19.5 Å². The Bertz CT molecular complexity index is 185. The standard InChI is InChI=1S/C7H16O.C4H7NO4/c1-7(2)5-4-6-8-3;6-3-1-2-4-9-5(7)8/h7H,4-6H2,1-3H3;3H,1-2,4H2. The van der Waals surface area contributed by atoms with Gasteiger partial charge in [-0.1, -0.05) is 13.8 Å². The molecule has 0 bridgehead atoms. The summed E-state index contributed by atoms with van der Waals surface area (Å²) in [5, 5.41) is 8.59. The van der Waals surface area contributed by atoms with E-state index in [1.165, 1.54) is 12.8 Å². The van der Waals surface area contributed by atoms with E-state index < -0.39 is 5.09 Å². The van der Waals surface area contributed by atoms with Crippen LogP contribution in [0.3, 0.4) is 0 Å². The van der Waals surface area contributed by atoms with Crippen LogP contribution in [0.2, 0.25) is 0 Å². The van der Waals surface area contributed by atoms with Crippen LogP contribution in [-0.4, -0.2) is 31.7 Å². The summed E-state index contributed by atoms with van der Waals surface area (Å²) in [5.41, 5.74) is 0. The molecule has 0 atom stereocenters. The number of rotatable bonds is 9. The molecule has 0 saturated heterocycles. The minimum atomic E-state index is -0.870. The van der Waals surface area contributed by atoms with Crippen LogP contribution in [0.1, 0.15) is 39.5 Å². The lowest BCUT2D eigenvalue weighted by Gasteiger charge is -2.01. The lowest BCUT2D eigenvalue weighted by molar-refractivity contribution is -0.757. The highest BCUT2D eigenvalue weighted by Gasteiger charge is 1.92. The van der Waals surface area contributed by atoms with Gasteiger partial charge in [-0.05, 0) is 25.2 Å². The first-order chi connectivity index (χ1) is 8.04. The summed E-state index contributed by atoms with van der Waals surface area (Å²) < 4.78 is 4.89. The van der Waals surface area contributed by atoms with Gasteiger partial charge in [-0.15, -0.1) is 10.1 Å². The Balaban J connectivity index is 0. The summed E-state index contributed by atoms with van der Waals surface area (Å²) >= 11 is 0. The summed E-state index contributed by atoms with van der Waals surface area (Å²) in [7, 11) is 1.75. The summed E-state index contributed by atoms with van der Waals surface area (Å²) in [5.74, 6) is 0.824. The fraction of sp³-hybridized carbons (Fsp3) is 0.909. The molecule has 17 heavy (non-hydrogen) atoms. The van der Waals surface area contributed by atoms with Crippen LogP contribution in [0.4, 0.5) is 0 Å². The van der Waals surface area contributed by atoms with Gasteiger partial charge in [-0.25, -0.2) is 0 Å². The summed E-state index contributed by atoms with van der Waals surface area (Å²) in [4.78, 5) is 23.0. The molecule has 6 nitrogen and oxygen atoms in total. The Morgan fingerprint density at radius 1 is 1.29 bits per heavy atom. The first-order valence-corrected chi connectivity index (χ1v) is 5.74. The number of aldehydes is 1. The van der Waals surface area contributed by atoms with Gasteiger partial charge >= 0.3 is 0 Å². The molecule has 0 spiro atoms. The fourth-order valence-electron chi connectivity index (χ4n) is 0.942. The molecule has 0 radical (unpaired) electrons. The average Bonchev–Trinajstić information content (AvgIpc) is 2.25. The molecule has 0 aliphatic carbocycles. The fourth-order valence-corrected chi connectivity index (χ4v) is 0.942. The maximum Gasteiger partial charge on any atom is 0.294 e. The molecule has 6 heteroatoms. The normalized spacial score (nSPS) is 9.41. The third-order valence-electron chi connectivity index (χ3n) is 1.79. The van der Waals surface area contributed by atoms with E-state index in [0.29, 0.717) is 19.1 Å². The van der Waals surface area contributed by atoms with Crippen LogP contribution in [-0.2, 0) is 14.4 Å². The third-order valence-corrected chi connectivity index (χ3v) is 1.79. The average molecular weight is 249 g/mol. The zero-order valence-electron chi connectivity index (χ0n) is 10.9. The monoisotopic (exact) mass is 249 g/mol. The largest absolute Gasteiger partial charge is 0.385 e. The van der Waals surface area contributed by atoms with E-state index in [4.69, 9.17) is 4.74 Å². The second-order valence-corrected chi connectivity index (χ2v) is 3.89. The molecule has 102 valence electrons. The zero-order chi connectivity index (χ0) is 13.5. The molecular formula is C11H23NO5. The van der Waals surface area contributed by atoms with Crippen molar-refractivity contribution in [3.05, 3.63) is 10.1 Å². The van der Waals surface area contributed by atoms with Crippen molar-refractivity contribution in [3.8, 4) is 0 Å². The molecule has 0 aromatic carbocycles. The van der Waals surface area contributed by atoms with E-state index >= 15 is 0 Å². The predicted molar refractivity (Wildman–Crippen MR) is 64.2 cm³/mol. The van der Waals surface area contributed by atoms with Gasteiger partial charge in [0.15, 0.2) is 0 Å². The molecular weight excluding hydrogens is 226 g/mol. The molecule has 0 aromatic heterocycles. The molecule has 0 aliphatic rings. The van der Waals surface area contributed by atoms with Crippen molar-refractivity contribution in [1.82, 2.24) is 0 Å². The van der Waals surface area contributed by atoms with Gasteiger partial charge in [0.05, 0.1) is 6.61 Å². The summed E-state index contributed by atoms with van der Waals surface area (Å²) in [6.07, 6.45) is 3.91. The van der Waals surface area contributed by atoms with Gasteiger partial charge < -0.3 is 14.4 Å². The van der Waals surface area contributed by atoms with Gasteiger partial charge in [0.2, 0.25) is 0 Å². The lowest BCUT2D eigenvalue weighted by atomic mass is 10.1. The molecule has 0 fully saturated rings. The van der Waals surface area contributed by atoms with Gasteiger partial charge in [0, 0.05) is 20.1 Å². The van der Waals surface area contributed by atoms with E-state index in [-0.39, 0.29) is 6.61 Å². The van der Waals surface area contributed by atoms with E-state index in [0.717, 1.165) is 12.5 Å². The van der Waals surface area contributed by atoms with Gasteiger partial charge in [-0.3, -0.25) is 0 Å². The Kier molecular flexibility index (Phi) is 15.9. The number of hydrogen-bond acceptors (Lipinski definition) is 5. The highest BCUT2D eigenvalue weighted by atomic mass is 16.9. The molecule has 0 heterocycles. The molecule has 0 amide bonds. The van der Waals surface area contributed by atoms with Crippen LogP contribution in [0.15, 0.2) is 0 Å². The smallest absolute Gasteiger partial charge is 0.294 e. The van der Waals surface area contributed by atoms with Gasteiger partial charge in [0.1, 0.15) is 6.29 Å². The maximum absolute atomic E-state index is 9.62. The van der Waals surface area contributed by atoms with Crippen molar-refractivity contribution in [1.29, 1.82) is 0 Å². The minimum Gasteiger partial charge on any atom is -0.385 e.